The van der Waals surface area contributed by atoms with Gasteiger partial charge in [0, 0.05) is 18.2 Å². The van der Waals surface area contributed by atoms with Crippen molar-refractivity contribution in [3.8, 4) is 17.2 Å². The van der Waals surface area contributed by atoms with Crippen molar-refractivity contribution in [2.24, 2.45) is 10.7 Å². The number of nitrogens with zero attached hydrogens (tertiary/aromatic N) is 1. The van der Waals surface area contributed by atoms with E-state index in [4.69, 9.17) is 19.9 Å². The zero-order valence-corrected chi connectivity index (χ0v) is 17.4. The van der Waals surface area contributed by atoms with Crippen molar-refractivity contribution >= 4 is 29.9 Å². The summed E-state index contributed by atoms with van der Waals surface area (Å²) >= 11 is 0. The number of aliphatic imine (C=N–C) groups is 1. The largest absolute Gasteiger partial charge is 0.496 e. The molecule has 1 aromatic rings. The van der Waals surface area contributed by atoms with E-state index in [1.165, 1.54) is 19.3 Å². The maximum absolute atomic E-state index is 5.90. The molecule has 138 valence electrons. The van der Waals surface area contributed by atoms with Gasteiger partial charge in [-0.2, -0.15) is 0 Å². The van der Waals surface area contributed by atoms with Crippen LogP contribution in [0.2, 0.25) is 0 Å². The van der Waals surface area contributed by atoms with Crippen molar-refractivity contribution in [1.82, 2.24) is 5.32 Å². The standard InChI is InChI=1S/C17H29N3O3.HI/c1-5-6-7-8-9-19-17(18)20-12-13-10-15(22-3)16(23-4)11-14(13)21-2;/h10-11H,5-9,12H2,1-4H3,(H3,18,19,20);1H. The van der Waals surface area contributed by atoms with Gasteiger partial charge in [-0.3, -0.25) is 0 Å². The van der Waals surface area contributed by atoms with Gasteiger partial charge < -0.3 is 25.3 Å². The average molecular weight is 451 g/mol. The molecule has 0 saturated heterocycles. The predicted molar refractivity (Wildman–Crippen MR) is 109 cm³/mol. The van der Waals surface area contributed by atoms with Crippen LogP contribution in [-0.2, 0) is 6.54 Å². The molecule has 0 unspecified atom stereocenters. The molecule has 0 aromatic heterocycles. The van der Waals surface area contributed by atoms with Gasteiger partial charge >= 0.3 is 0 Å². The number of hydrogen-bond acceptors (Lipinski definition) is 4. The first-order valence-electron chi connectivity index (χ1n) is 7.98. The minimum absolute atomic E-state index is 0. The summed E-state index contributed by atoms with van der Waals surface area (Å²) in [6, 6.07) is 3.65. The number of nitrogens with two attached hydrogens (primary N) is 1. The number of halogens is 1. The molecular weight excluding hydrogens is 421 g/mol. The van der Waals surface area contributed by atoms with Crippen molar-refractivity contribution < 1.29 is 14.2 Å². The Morgan fingerprint density at radius 2 is 1.62 bits per heavy atom. The molecule has 3 N–H and O–H groups in total. The van der Waals surface area contributed by atoms with Gasteiger partial charge in [0.25, 0.3) is 0 Å². The minimum atomic E-state index is 0. The van der Waals surface area contributed by atoms with E-state index in [0.29, 0.717) is 29.8 Å². The number of guanidine groups is 1. The molecule has 6 nitrogen and oxygen atoms in total. The number of nitrogens with one attached hydrogen (secondary N) is 1. The Morgan fingerprint density at radius 3 is 2.21 bits per heavy atom. The lowest BCUT2D eigenvalue weighted by Crippen LogP contribution is -2.32. The fourth-order valence-electron chi connectivity index (χ4n) is 2.21. The molecule has 24 heavy (non-hydrogen) atoms. The normalized spacial score (nSPS) is 10.8. The molecule has 1 aromatic carbocycles. The number of methoxy groups -OCH3 is 3. The lowest BCUT2D eigenvalue weighted by atomic mass is 10.1. The molecule has 0 radical (unpaired) electrons. The second-order valence-electron chi connectivity index (χ2n) is 5.21. The first-order chi connectivity index (χ1) is 11.2. The third kappa shape index (κ3) is 7.46. The summed E-state index contributed by atoms with van der Waals surface area (Å²) in [4.78, 5) is 4.36. The Hall–Kier alpha value is -1.38. The average Bonchev–Trinajstić information content (AvgIpc) is 2.58. The SMILES string of the molecule is CCCCCCNC(N)=NCc1cc(OC)c(OC)cc1OC.I. The van der Waals surface area contributed by atoms with Gasteiger partial charge in [-0.25, -0.2) is 4.99 Å². The first kappa shape index (κ1) is 22.6. The van der Waals surface area contributed by atoms with Crippen molar-refractivity contribution in [2.45, 2.75) is 39.2 Å². The number of benzene rings is 1. The summed E-state index contributed by atoms with van der Waals surface area (Å²) in [7, 11) is 4.81. The topological polar surface area (TPSA) is 78.1 Å². The summed E-state index contributed by atoms with van der Waals surface area (Å²) < 4.78 is 16.0. The molecule has 0 heterocycles. The highest BCUT2D eigenvalue weighted by Crippen LogP contribution is 2.34. The van der Waals surface area contributed by atoms with Crippen LogP contribution in [0.4, 0.5) is 0 Å². The fraction of sp³-hybridized carbons (Fsp3) is 0.588. The molecule has 0 fully saturated rings. The second kappa shape index (κ2) is 13.0. The van der Waals surface area contributed by atoms with E-state index in [0.717, 1.165) is 18.5 Å². The molecule has 0 aliphatic rings. The number of unbranched alkanes of at least 4 members (excludes halogenated alkanes) is 3. The Labute approximate surface area is 162 Å². The first-order valence-corrected chi connectivity index (χ1v) is 7.98. The van der Waals surface area contributed by atoms with Gasteiger partial charge in [0.15, 0.2) is 17.5 Å². The smallest absolute Gasteiger partial charge is 0.188 e. The van der Waals surface area contributed by atoms with Gasteiger partial charge in [-0.1, -0.05) is 26.2 Å². The van der Waals surface area contributed by atoms with Crippen LogP contribution in [0.15, 0.2) is 17.1 Å². The fourth-order valence-corrected chi connectivity index (χ4v) is 2.21. The molecule has 7 heteroatoms. The van der Waals surface area contributed by atoms with Gasteiger partial charge in [-0.05, 0) is 12.5 Å². The quantitative estimate of drug-likeness (QED) is 0.247. The van der Waals surface area contributed by atoms with Gasteiger partial charge in [0.1, 0.15) is 5.75 Å². The van der Waals surface area contributed by atoms with E-state index in [2.05, 4.69) is 17.2 Å². The molecule has 0 amide bonds. The molecule has 0 aliphatic carbocycles. The maximum atomic E-state index is 5.90. The van der Waals surface area contributed by atoms with Gasteiger partial charge in [0.2, 0.25) is 0 Å². The summed E-state index contributed by atoms with van der Waals surface area (Å²) in [6.07, 6.45) is 4.79. The molecule has 1 rings (SSSR count). The minimum Gasteiger partial charge on any atom is -0.496 e. The molecule has 0 spiro atoms. The lowest BCUT2D eigenvalue weighted by Gasteiger charge is -2.13. The van der Waals surface area contributed by atoms with E-state index < -0.39 is 0 Å². The lowest BCUT2D eigenvalue weighted by molar-refractivity contribution is 0.347. The van der Waals surface area contributed by atoms with Crippen LogP contribution in [0.25, 0.3) is 0 Å². The van der Waals surface area contributed by atoms with Crippen LogP contribution in [0.5, 0.6) is 17.2 Å². The van der Waals surface area contributed by atoms with Crippen molar-refractivity contribution in [3.05, 3.63) is 17.7 Å². The van der Waals surface area contributed by atoms with E-state index in [9.17, 15) is 0 Å². The van der Waals surface area contributed by atoms with E-state index in [1.807, 2.05) is 6.07 Å². The van der Waals surface area contributed by atoms with E-state index >= 15 is 0 Å². The van der Waals surface area contributed by atoms with Crippen LogP contribution < -0.4 is 25.3 Å². The van der Waals surface area contributed by atoms with Crippen molar-refractivity contribution in [3.63, 3.8) is 0 Å². The van der Waals surface area contributed by atoms with E-state index in [-0.39, 0.29) is 24.0 Å². The molecule has 0 saturated carbocycles. The number of rotatable bonds is 10. The van der Waals surface area contributed by atoms with Crippen LogP contribution in [-0.4, -0.2) is 33.8 Å². The Morgan fingerprint density at radius 1 is 1.00 bits per heavy atom. The third-order valence-electron chi connectivity index (χ3n) is 3.54. The highest BCUT2D eigenvalue weighted by Gasteiger charge is 2.11. The summed E-state index contributed by atoms with van der Waals surface area (Å²) in [5, 5.41) is 3.13. The predicted octanol–water partition coefficient (Wildman–Crippen LogP) is 3.32. The Kier molecular flexibility index (Phi) is 12.2. The van der Waals surface area contributed by atoms with Gasteiger partial charge in [0.05, 0.1) is 27.9 Å². The van der Waals surface area contributed by atoms with Crippen LogP contribution in [0, 0.1) is 0 Å². The van der Waals surface area contributed by atoms with Gasteiger partial charge in [-0.15, -0.1) is 24.0 Å². The third-order valence-corrected chi connectivity index (χ3v) is 3.54. The second-order valence-corrected chi connectivity index (χ2v) is 5.21. The zero-order valence-electron chi connectivity index (χ0n) is 15.1. The highest BCUT2D eigenvalue weighted by atomic mass is 127. The summed E-state index contributed by atoms with van der Waals surface area (Å²) in [5.41, 5.74) is 6.79. The highest BCUT2D eigenvalue weighted by molar-refractivity contribution is 14.0. The monoisotopic (exact) mass is 451 g/mol. The molecule has 0 atom stereocenters. The number of ether oxygens (including phenoxy) is 3. The van der Waals surface area contributed by atoms with E-state index in [1.54, 1.807) is 27.4 Å². The zero-order chi connectivity index (χ0) is 17.1. The maximum Gasteiger partial charge on any atom is 0.188 e. The molecular formula is C17H30IN3O3. The summed E-state index contributed by atoms with van der Waals surface area (Å²) in [6.45, 7) is 3.45. The van der Waals surface area contributed by atoms with Crippen LogP contribution in [0.1, 0.15) is 38.2 Å². The summed E-state index contributed by atoms with van der Waals surface area (Å²) in [5.74, 6) is 2.41. The Bertz CT molecular complexity index is 510. The molecule has 0 bridgehead atoms. The van der Waals surface area contributed by atoms with Crippen LogP contribution >= 0.6 is 24.0 Å². The van der Waals surface area contributed by atoms with Crippen LogP contribution in [0.3, 0.4) is 0 Å². The van der Waals surface area contributed by atoms with Crippen molar-refractivity contribution in [2.75, 3.05) is 27.9 Å². The number of hydrogen-bond donors (Lipinski definition) is 2. The van der Waals surface area contributed by atoms with Crippen molar-refractivity contribution in [1.29, 1.82) is 0 Å². The molecule has 0 aliphatic heterocycles. The Balaban J connectivity index is 0.00000529.